The first-order valence-corrected chi connectivity index (χ1v) is 10.4. The number of sulfonamides is 1. The van der Waals surface area contributed by atoms with E-state index in [9.17, 15) is 26.4 Å². The minimum atomic E-state index is -4.55. The highest BCUT2D eigenvalue weighted by molar-refractivity contribution is 7.89. The summed E-state index contributed by atoms with van der Waals surface area (Å²) in [5, 5.41) is 2.56. The van der Waals surface area contributed by atoms with E-state index in [0.717, 1.165) is 6.08 Å². The standard InChI is InChI=1S/C19H18ClF3N2O5S/c1-24-31(27,28)17-9-12(3-6-16(17)29-2)4-8-18(26)25-14-10-13(20)5-7-15(14)30-11-19(21,22)23/h3-10,24H,11H2,1-2H3,(H,25,26)/b8-4+. The number of benzene rings is 2. The van der Waals surface area contributed by atoms with Gasteiger partial charge in [-0.15, -0.1) is 0 Å². The molecule has 12 heteroatoms. The minimum Gasteiger partial charge on any atom is -0.495 e. The van der Waals surface area contributed by atoms with E-state index < -0.39 is 28.7 Å². The molecule has 0 fully saturated rings. The van der Waals surface area contributed by atoms with Crippen molar-refractivity contribution in [2.45, 2.75) is 11.1 Å². The Hall–Kier alpha value is -2.76. The molecule has 0 radical (unpaired) electrons. The molecule has 0 atom stereocenters. The fourth-order valence-corrected chi connectivity index (χ4v) is 3.45. The third-order valence-electron chi connectivity index (χ3n) is 3.76. The molecule has 1 amide bonds. The molecular weight excluding hydrogens is 461 g/mol. The number of rotatable bonds is 8. The van der Waals surface area contributed by atoms with Crippen LogP contribution in [0.4, 0.5) is 18.9 Å². The van der Waals surface area contributed by atoms with Crippen LogP contribution in [0, 0.1) is 0 Å². The van der Waals surface area contributed by atoms with E-state index in [1.807, 2.05) is 0 Å². The van der Waals surface area contributed by atoms with Gasteiger partial charge in [-0.05, 0) is 49.0 Å². The van der Waals surface area contributed by atoms with Gasteiger partial charge in [0.25, 0.3) is 0 Å². The fraction of sp³-hybridized carbons (Fsp3) is 0.211. The number of halogens is 4. The third kappa shape index (κ3) is 7.16. The Morgan fingerprint density at radius 2 is 1.84 bits per heavy atom. The van der Waals surface area contributed by atoms with Crippen molar-refractivity contribution in [2.24, 2.45) is 0 Å². The number of alkyl halides is 3. The van der Waals surface area contributed by atoms with Crippen LogP contribution in [0.3, 0.4) is 0 Å². The largest absolute Gasteiger partial charge is 0.495 e. The summed E-state index contributed by atoms with van der Waals surface area (Å²) in [6.45, 7) is -1.54. The van der Waals surface area contributed by atoms with Gasteiger partial charge in [-0.2, -0.15) is 13.2 Å². The number of ether oxygens (including phenoxy) is 2. The lowest BCUT2D eigenvalue weighted by atomic mass is 10.2. The Bertz CT molecular complexity index is 1090. The molecule has 2 aromatic carbocycles. The Balaban J connectivity index is 2.22. The number of hydrogen-bond donors (Lipinski definition) is 2. The Labute approximate surface area is 181 Å². The zero-order chi connectivity index (χ0) is 23.2. The average Bonchev–Trinajstić information content (AvgIpc) is 2.70. The van der Waals surface area contributed by atoms with E-state index in [-0.39, 0.29) is 27.1 Å². The molecule has 0 heterocycles. The molecule has 7 nitrogen and oxygen atoms in total. The van der Waals surface area contributed by atoms with Crippen molar-refractivity contribution in [3.63, 3.8) is 0 Å². The summed E-state index contributed by atoms with van der Waals surface area (Å²) in [5.74, 6) is -0.801. The van der Waals surface area contributed by atoms with E-state index in [4.69, 9.17) is 21.1 Å². The highest BCUT2D eigenvalue weighted by Crippen LogP contribution is 2.30. The van der Waals surface area contributed by atoms with Crippen LogP contribution >= 0.6 is 11.6 Å². The van der Waals surface area contributed by atoms with Crippen molar-refractivity contribution in [3.8, 4) is 11.5 Å². The van der Waals surface area contributed by atoms with Gasteiger partial charge < -0.3 is 14.8 Å². The van der Waals surface area contributed by atoms with Crippen molar-refractivity contribution in [3.05, 3.63) is 53.1 Å². The lowest BCUT2D eigenvalue weighted by Gasteiger charge is -2.13. The number of carbonyl (C=O) groups is 1. The Kier molecular flexibility index (Phi) is 7.93. The predicted molar refractivity (Wildman–Crippen MR) is 110 cm³/mol. The van der Waals surface area contributed by atoms with Gasteiger partial charge in [0.15, 0.2) is 6.61 Å². The van der Waals surface area contributed by atoms with Gasteiger partial charge in [0.05, 0.1) is 12.8 Å². The molecule has 0 saturated carbocycles. The van der Waals surface area contributed by atoms with E-state index in [1.165, 1.54) is 56.6 Å². The molecular formula is C19H18ClF3N2O5S. The zero-order valence-electron chi connectivity index (χ0n) is 16.3. The van der Waals surface area contributed by atoms with Crippen LogP contribution in [0.2, 0.25) is 5.02 Å². The van der Waals surface area contributed by atoms with Crippen LogP contribution in [0.15, 0.2) is 47.4 Å². The second-order valence-corrected chi connectivity index (χ2v) is 8.28. The van der Waals surface area contributed by atoms with E-state index >= 15 is 0 Å². The SMILES string of the molecule is CNS(=O)(=O)c1cc(/C=C/C(=O)Nc2cc(Cl)ccc2OCC(F)(F)F)ccc1OC. The van der Waals surface area contributed by atoms with Crippen molar-refractivity contribution in [2.75, 3.05) is 26.1 Å². The number of hydrogen-bond acceptors (Lipinski definition) is 5. The van der Waals surface area contributed by atoms with Gasteiger partial charge in [-0.25, -0.2) is 13.1 Å². The number of carbonyl (C=O) groups excluding carboxylic acids is 1. The lowest BCUT2D eigenvalue weighted by Crippen LogP contribution is -2.20. The fourth-order valence-electron chi connectivity index (χ4n) is 2.35. The number of amides is 1. The molecule has 2 N–H and O–H groups in total. The van der Waals surface area contributed by atoms with Crippen molar-refractivity contribution in [1.29, 1.82) is 0 Å². The summed E-state index contributed by atoms with van der Waals surface area (Å²) in [4.78, 5) is 12.1. The highest BCUT2D eigenvalue weighted by atomic mass is 35.5. The van der Waals surface area contributed by atoms with E-state index in [1.54, 1.807) is 0 Å². The van der Waals surface area contributed by atoms with Gasteiger partial charge in [-0.1, -0.05) is 17.7 Å². The molecule has 31 heavy (non-hydrogen) atoms. The molecule has 0 aliphatic carbocycles. The summed E-state index contributed by atoms with van der Waals surface area (Å²) in [6.07, 6.45) is -2.16. The van der Waals surface area contributed by atoms with Gasteiger partial charge in [0.1, 0.15) is 16.4 Å². The van der Waals surface area contributed by atoms with Crippen LogP contribution in [0.25, 0.3) is 6.08 Å². The predicted octanol–water partition coefficient (Wildman–Crippen LogP) is 3.85. The summed E-state index contributed by atoms with van der Waals surface area (Å²) in [7, 11) is -1.25. The first-order valence-electron chi connectivity index (χ1n) is 8.55. The smallest absolute Gasteiger partial charge is 0.422 e. The van der Waals surface area contributed by atoms with Crippen LogP contribution in [-0.2, 0) is 14.8 Å². The number of nitrogens with one attached hydrogen (secondary N) is 2. The van der Waals surface area contributed by atoms with Gasteiger partial charge >= 0.3 is 6.18 Å². The molecule has 2 aromatic rings. The number of methoxy groups -OCH3 is 1. The normalized spacial score (nSPS) is 12.1. The van der Waals surface area contributed by atoms with Crippen LogP contribution in [0.5, 0.6) is 11.5 Å². The van der Waals surface area contributed by atoms with Gasteiger partial charge in [0.2, 0.25) is 15.9 Å². The molecule has 0 aromatic heterocycles. The summed E-state index contributed by atoms with van der Waals surface area (Å²) in [6, 6.07) is 8.00. The molecule has 0 aliphatic rings. The zero-order valence-corrected chi connectivity index (χ0v) is 17.9. The second kappa shape index (κ2) is 10.0. The summed E-state index contributed by atoms with van der Waals surface area (Å²) >= 11 is 5.84. The monoisotopic (exact) mass is 478 g/mol. The van der Waals surface area contributed by atoms with Crippen LogP contribution < -0.4 is 19.5 Å². The average molecular weight is 479 g/mol. The Morgan fingerprint density at radius 1 is 1.16 bits per heavy atom. The molecule has 0 aliphatic heterocycles. The molecule has 168 valence electrons. The maximum absolute atomic E-state index is 12.4. The molecule has 0 unspecified atom stereocenters. The van der Waals surface area contributed by atoms with E-state index in [2.05, 4.69) is 10.0 Å². The maximum atomic E-state index is 12.4. The quantitative estimate of drug-likeness (QED) is 0.562. The summed E-state index contributed by atoms with van der Waals surface area (Å²) < 4.78 is 73.4. The van der Waals surface area contributed by atoms with Crippen LogP contribution in [0.1, 0.15) is 5.56 Å². The number of anilines is 1. The van der Waals surface area contributed by atoms with Crippen molar-refractivity contribution < 1.29 is 35.9 Å². The Morgan fingerprint density at radius 3 is 2.45 bits per heavy atom. The summed E-state index contributed by atoms with van der Waals surface area (Å²) in [5.41, 5.74) is 0.309. The molecule has 0 spiro atoms. The van der Waals surface area contributed by atoms with Gasteiger partial charge in [-0.3, -0.25) is 4.79 Å². The maximum Gasteiger partial charge on any atom is 0.422 e. The van der Waals surface area contributed by atoms with Crippen LogP contribution in [-0.4, -0.2) is 41.3 Å². The molecule has 0 saturated heterocycles. The highest BCUT2D eigenvalue weighted by Gasteiger charge is 2.29. The third-order valence-corrected chi connectivity index (χ3v) is 5.43. The topological polar surface area (TPSA) is 93.7 Å². The second-order valence-electron chi connectivity index (χ2n) is 5.98. The first-order chi connectivity index (χ1) is 14.4. The molecule has 2 rings (SSSR count). The van der Waals surface area contributed by atoms with Gasteiger partial charge in [0, 0.05) is 11.1 Å². The van der Waals surface area contributed by atoms with Crippen molar-refractivity contribution in [1.82, 2.24) is 4.72 Å². The first kappa shape index (κ1) is 24.5. The molecule has 0 bridgehead atoms. The van der Waals surface area contributed by atoms with E-state index in [0.29, 0.717) is 5.56 Å². The minimum absolute atomic E-state index is 0.0559. The lowest BCUT2D eigenvalue weighted by molar-refractivity contribution is -0.153. The van der Waals surface area contributed by atoms with Crippen molar-refractivity contribution >= 4 is 39.3 Å².